The van der Waals surface area contributed by atoms with Crippen molar-refractivity contribution in [1.82, 2.24) is 14.6 Å². The Hall–Kier alpha value is -2.22. The van der Waals surface area contributed by atoms with Crippen LogP contribution in [0.15, 0.2) is 27.8 Å². The largest absolute Gasteiger partial charge is 0.394 e. The van der Waals surface area contributed by atoms with Crippen LogP contribution in [0.2, 0.25) is 0 Å². The van der Waals surface area contributed by atoms with Gasteiger partial charge < -0.3 is 15.5 Å². The van der Waals surface area contributed by atoms with Crippen LogP contribution < -0.4 is 22.0 Å². The Bertz CT molecular complexity index is 1000. The van der Waals surface area contributed by atoms with Gasteiger partial charge in [0.05, 0.1) is 6.61 Å². The molecule has 0 radical (unpaired) electrons. The van der Waals surface area contributed by atoms with Crippen LogP contribution >= 0.6 is 22.6 Å². The fourth-order valence-electron chi connectivity index (χ4n) is 2.40. The van der Waals surface area contributed by atoms with E-state index in [1.807, 2.05) is 24.5 Å². The molecule has 1 heterocycles. The Morgan fingerprint density at radius 3 is 2.57 bits per heavy atom. The summed E-state index contributed by atoms with van der Waals surface area (Å²) >= 11 is 2.16. The molecule has 4 N–H and O–H groups in total. The van der Waals surface area contributed by atoms with E-state index >= 15 is 0 Å². The van der Waals surface area contributed by atoms with Crippen molar-refractivity contribution in [2.24, 2.45) is 14.1 Å². The topological polar surface area (TPSA) is 135 Å². The van der Waals surface area contributed by atoms with Crippen LogP contribution in [0.5, 0.6) is 0 Å². The SMILES string of the molecule is Cc1cc(I)ccc1Nc1c(C(=O)NOCC(O)CO)c(=O)n(C)c(=O)n1C. The lowest BCUT2D eigenvalue weighted by Gasteiger charge is -2.18. The quantitative estimate of drug-likeness (QED) is 0.302. The Balaban J connectivity index is 2.47. The van der Waals surface area contributed by atoms with E-state index in [1.54, 1.807) is 6.07 Å². The average molecular weight is 504 g/mol. The molecule has 1 unspecified atom stereocenters. The molecule has 0 aliphatic carbocycles. The van der Waals surface area contributed by atoms with E-state index in [0.29, 0.717) is 5.69 Å². The molecule has 1 atom stereocenters. The lowest BCUT2D eigenvalue weighted by molar-refractivity contribution is -0.0295. The molecule has 28 heavy (non-hydrogen) atoms. The van der Waals surface area contributed by atoms with Crippen molar-refractivity contribution >= 4 is 40.0 Å². The van der Waals surface area contributed by atoms with E-state index in [2.05, 4.69) is 27.9 Å². The van der Waals surface area contributed by atoms with E-state index in [-0.39, 0.29) is 18.0 Å². The summed E-state index contributed by atoms with van der Waals surface area (Å²) in [5, 5.41) is 21.0. The molecule has 0 saturated carbocycles. The second kappa shape index (κ2) is 9.32. The molecule has 1 aromatic heterocycles. The predicted molar refractivity (Wildman–Crippen MR) is 111 cm³/mol. The van der Waals surface area contributed by atoms with Gasteiger partial charge in [-0.3, -0.25) is 23.6 Å². The van der Waals surface area contributed by atoms with Gasteiger partial charge in [0.15, 0.2) is 0 Å². The smallest absolute Gasteiger partial charge is 0.332 e. The summed E-state index contributed by atoms with van der Waals surface area (Å²) < 4.78 is 2.96. The number of halogens is 1. The van der Waals surface area contributed by atoms with Gasteiger partial charge in [0.25, 0.3) is 11.5 Å². The van der Waals surface area contributed by atoms with Crippen molar-refractivity contribution in [2.75, 3.05) is 18.5 Å². The first-order valence-electron chi connectivity index (χ1n) is 8.21. The fraction of sp³-hybridized carbons (Fsp3) is 0.353. The van der Waals surface area contributed by atoms with Gasteiger partial charge in [-0.05, 0) is 53.3 Å². The van der Waals surface area contributed by atoms with Crippen LogP contribution in [-0.2, 0) is 18.9 Å². The predicted octanol–water partition coefficient (Wildman–Crippen LogP) is -0.245. The van der Waals surface area contributed by atoms with Crippen LogP contribution in [0.1, 0.15) is 15.9 Å². The summed E-state index contributed by atoms with van der Waals surface area (Å²) in [5.74, 6) is -0.895. The van der Waals surface area contributed by atoms with Crippen molar-refractivity contribution in [3.8, 4) is 0 Å². The number of anilines is 2. The number of carbonyl (C=O) groups is 1. The van der Waals surface area contributed by atoms with Crippen molar-refractivity contribution in [1.29, 1.82) is 0 Å². The second-order valence-electron chi connectivity index (χ2n) is 6.09. The second-order valence-corrected chi connectivity index (χ2v) is 7.34. The molecule has 11 heteroatoms. The highest BCUT2D eigenvalue weighted by Gasteiger charge is 2.23. The third-order valence-corrected chi connectivity index (χ3v) is 4.66. The number of aromatic nitrogens is 2. The lowest BCUT2D eigenvalue weighted by Crippen LogP contribution is -2.44. The first-order chi connectivity index (χ1) is 13.2. The van der Waals surface area contributed by atoms with Gasteiger partial charge in [-0.2, -0.15) is 0 Å². The zero-order valence-corrected chi connectivity index (χ0v) is 17.7. The summed E-state index contributed by atoms with van der Waals surface area (Å²) in [7, 11) is 2.69. The van der Waals surface area contributed by atoms with E-state index in [4.69, 9.17) is 9.94 Å². The highest BCUT2D eigenvalue weighted by atomic mass is 127. The van der Waals surface area contributed by atoms with Crippen LogP contribution in [0.25, 0.3) is 0 Å². The number of nitrogens with zero attached hydrogens (tertiary/aromatic N) is 2. The Morgan fingerprint density at radius 2 is 1.96 bits per heavy atom. The highest BCUT2D eigenvalue weighted by Crippen LogP contribution is 2.22. The Kier molecular flexibility index (Phi) is 7.35. The molecule has 1 aromatic carbocycles. The van der Waals surface area contributed by atoms with E-state index in [9.17, 15) is 19.5 Å². The average Bonchev–Trinajstić information content (AvgIpc) is 2.66. The summed E-state index contributed by atoms with van der Waals surface area (Å²) in [6, 6.07) is 5.52. The number of hydrogen-bond acceptors (Lipinski definition) is 7. The van der Waals surface area contributed by atoms with E-state index < -0.39 is 29.9 Å². The van der Waals surface area contributed by atoms with Crippen LogP contribution in [0.4, 0.5) is 11.5 Å². The standard InChI is InChI=1S/C17H21IN4O6/c1-9-6-10(18)4-5-12(9)19-14-13(15(25)20-28-8-11(24)7-23)16(26)22(3)17(27)21(14)2/h4-6,11,19,23-24H,7-8H2,1-3H3,(H,20,25). The van der Waals surface area contributed by atoms with E-state index in [1.165, 1.54) is 14.1 Å². The summed E-state index contributed by atoms with van der Waals surface area (Å²) in [5.41, 5.74) is 1.78. The molecule has 0 fully saturated rings. The number of aliphatic hydroxyl groups excluding tert-OH is 2. The highest BCUT2D eigenvalue weighted by molar-refractivity contribution is 14.1. The Morgan fingerprint density at radius 1 is 1.29 bits per heavy atom. The number of aryl methyl sites for hydroxylation is 1. The number of aliphatic hydroxyl groups is 2. The minimum absolute atomic E-state index is 0.00112. The molecule has 0 spiro atoms. The molecule has 0 saturated heterocycles. The summed E-state index contributed by atoms with van der Waals surface area (Å²) in [6.45, 7) is 0.937. The van der Waals surface area contributed by atoms with Crippen LogP contribution in [-0.4, -0.2) is 44.6 Å². The zero-order valence-electron chi connectivity index (χ0n) is 15.5. The molecule has 10 nitrogen and oxygen atoms in total. The van der Waals surface area contributed by atoms with Crippen molar-refractivity contribution in [3.63, 3.8) is 0 Å². The van der Waals surface area contributed by atoms with Crippen LogP contribution in [0.3, 0.4) is 0 Å². The van der Waals surface area contributed by atoms with Crippen molar-refractivity contribution in [2.45, 2.75) is 13.0 Å². The van der Waals surface area contributed by atoms with Gasteiger partial charge in [0.2, 0.25) is 0 Å². The minimum atomic E-state index is -1.18. The van der Waals surface area contributed by atoms with Gasteiger partial charge in [-0.15, -0.1) is 0 Å². The third-order valence-electron chi connectivity index (χ3n) is 3.98. The van der Waals surface area contributed by atoms with Gasteiger partial charge in [-0.1, -0.05) is 0 Å². The molecule has 0 aliphatic heterocycles. The summed E-state index contributed by atoms with van der Waals surface area (Å²) in [6.07, 6.45) is -1.18. The number of hydroxylamine groups is 1. The number of hydrogen-bond donors (Lipinski definition) is 4. The van der Waals surface area contributed by atoms with Gasteiger partial charge in [-0.25, -0.2) is 10.3 Å². The van der Waals surface area contributed by atoms with Gasteiger partial charge in [0, 0.05) is 23.4 Å². The monoisotopic (exact) mass is 504 g/mol. The number of benzene rings is 1. The molecule has 1 amide bonds. The normalized spacial score (nSPS) is 11.9. The van der Waals surface area contributed by atoms with Gasteiger partial charge >= 0.3 is 5.69 Å². The molecule has 2 rings (SSSR count). The van der Waals surface area contributed by atoms with E-state index in [0.717, 1.165) is 18.3 Å². The van der Waals surface area contributed by atoms with Crippen LogP contribution in [0, 0.1) is 10.5 Å². The molecular formula is C17H21IN4O6. The number of rotatable bonds is 7. The number of nitrogens with one attached hydrogen (secondary N) is 2. The maximum Gasteiger partial charge on any atom is 0.332 e. The number of amides is 1. The molecule has 0 bridgehead atoms. The Labute approximate surface area is 173 Å². The fourth-order valence-corrected chi connectivity index (χ4v) is 3.04. The zero-order chi connectivity index (χ0) is 21.0. The molecule has 152 valence electrons. The first-order valence-corrected chi connectivity index (χ1v) is 9.29. The van der Waals surface area contributed by atoms with Crippen molar-refractivity contribution in [3.05, 3.63) is 53.7 Å². The number of carbonyl (C=O) groups excluding carboxylic acids is 1. The molecular weight excluding hydrogens is 483 g/mol. The minimum Gasteiger partial charge on any atom is -0.394 e. The maximum absolute atomic E-state index is 12.6. The van der Waals surface area contributed by atoms with Gasteiger partial charge in [0.1, 0.15) is 24.1 Å². The first kappa shape index (κ1) is 22.1. The lowest BCUT2D eigenvalue weighted by atomic mass is 10.2. The summed E-state index contributed by atoms with van der Waals surface area (Å²) in [4.78, 5) is 42.3. The molecule has 2 aromatic rings. The molecule has 0 aliphatic rings. The van der Waals surface area contributed by atoms with Crippen molar-refractivity contribution < 1.29 is 19.8 Å². The third kappa shape index (κ3) is 4.79. The maximum atomic E-state index is 12.6.